The SMILES string of the molecule is CNCC1CCCN(S(=O)(=O)c2ccc(OC)c(C)c2)C1. The Morgan fingerprint density at radius 3 is 2.81 bits per heavy atom. The lowest BCUT2D eigenvalue weighted by Crippen LogP contribution is -2.42. The third-order valence-electron chi connectivity index (χ3n) is 3.98. The van der Waals surface area contributed by atoms with Gasteiger partial charge in [0.2, 0.25) is 10.0 Å². The van der Waals surface area contributed by atoms with Crippen LogP contribution in [0.5, 0.6) is 5.75 Å². The first-order chi connectivity index (χ1) is 9.98. The molecule has 1 fully saturated rings. The molecule has 21 heavy (non-hydrogen) atoms. The van der Waals surface area contributed by atoms with Crippen LogP contribution in [-0.4, -0.2) is 46.5 Å². The Morgan fingerprint density at radius 1 is 1.43 bits per heavy atom. The lowest BCUT2D eigenvalue weighted by Gasteiger charge is -2.32. The van der Waals surface area contributed by atoms with Crippen molar-refractivity contribution in [3.8, 4) is 5.75 Å². The summed E-state index contributed by atoms with van der Waals surface area (Å²) in [5.74, 6) is 1.10. The normalized spacial score (nSPS) is 20.4. The summed E-state index contributed by atoms with van der Waals surface area (Å²) in [5.41, 5.74) is 0.836. The van der Waals surface area contributed by atoms with E-state index >= 15 is 0 Å². The predicted molar refractivity (Wildman–Crippen MR) is 83.1 cm³/mol. The second kappa shape index (κ2) is 6.77. The second-order valence-corrected chi connectivity index (χ2v) is 7.50. The maximum atomic E-state index is 12.8. The van der Waals surface area contributed by atoms with Crippen molar-refractivity contribution in [1.82, 2.24) is 9.62 Å². The summed E-state index contributed by atoms with van der Waals surface area (Å²) >= 11 is 0. The van der Waals surface area contributed by atoms with Gasteiger partial charge in [0.05, 0.1) is 12.0 Å². The zero-order valence-corrected chi connectivity index (χ0v) is 13.7. The summed E-state index contributed by atoms with van der Waals surface area (Å²) in [6, 6.07) is 5.04. The van der Waals surface area contributed by atoms with E-state index in [4.69, 9.17) is 4.74 Å². The molecular formula is C15H24N2O3S. The molecule has 1 aliphatic heterocycles. The number of hydrogen-bond acceptors (Lipinski definition) is 4. The number of aryl methyl sites for hydroxylation is 1. The highest BCUT2D eigenvalue weighted by Gasteiger charge is 2.30. The van der Waals surface area contributed by atoms with Gasteiger partial charge in [0, 0.05) is 13.1 Å². The third-order valence-corrected chi connectivity index (χ3v) is 5.84. The molecule has 6 heteroatoms. The van der Waals surface area contributed by atoms with Crippen LogP contribution in [0.3, 0.4) is 0 Å². The van der Waals surface area contributed by atoms with Gasteiger partial charge in [0.1, 0.15) is 5.75 Å². The third kappa shape index (κ3) is 3.56. The van der Waals surface area contributed by atoms with Crippen LogP contribution in [0.4, 0.5) is 0 Å². The first-order valence-electron chi connectivity index (χ1n) is 7.28. The van der Waals surface area contributed by atoms with Gasteiger partial charge < -0.3 is 10.1 Å². The molecule has 0 aliphatic carbocycles. The van der Waals surface area contributed by atoms with Crippen molar-refractivity contribution in [2.75, 3.05) is 33.8 Å². The van der Waals surface area contributed by atoms with E-state index < -0.39 is 10.0 Å². The van der Waals surface area contributed by atoms with Gasteiger partial charge in [-0.2, -0.15) is 4.31 Å². The molecule has 1 aromatic rings. The number of methoxy groups -OCH3 is 1. The van der Waals surface area contributed by atoms with Crippen molar-refractivity contribution >= 4 is 10.0 Å². The van der Waals surface area contributed by atoms with Crippen LogP contribution in [-0.2, 0) is 10.0 Å². The number of benzene rings is 1. The quantitative estimate of drug-likeness (QED) is 0.898. The molecule has 0 saturated carbocycles. The Hall–Kier alpha value is -1.11. The highest BCUT2D eigenvalue weighted by Crippen LogP contribution is 2.26. The Labute approximate surface area is 127 Å². The molecular weight excluding hydrogens is 288 g/mol. The first kappa shape index (κ1) is 16.3. The van der Waals surface area contributed by atoms with Crippen LogP contribution in [0.25, 0.3) is 0 Å². The van der Waals surface area contributed by atoms with Crippen molar-refractivity contribution in [3.63, 3.8) is 0 Å². The molecule has 0 spiro atoms. The zero-order valence-electron chi connectivity index (χ0n) is 12.9. The van der Waals surface area contributed by atoms with Crippen molar-refractivity contribution in [2.45, 2.75) is 24.7 Å². The molecule has 1 saturated heterocycles. The van der Waals surface area contributed by atoms with Crippen LogP contribution in [0.1, 0.15) is 18.4 Å². The van der Waals surface area contributed by atoms with Gasteiger partial charge in [-0.25, -0.2) is 8.42 Å². The van der Waals surface area contributed by atoms with E-state index in [1.165, 1.54) is 0 Å². The summed E-state index contributed by atoms with van der Waals surface area (Å²) in [4.78, 5) is 0.353. The van der Waals surface area contributed by atoms with Crippen molar-refractivity contribution in [2.24, 2.45) is 5.92 Å². The summed E-state index contributed by atoms with van der Waals surface area (Å²) in [6.07, 6.45) is 2.00. The summed E-state index contributed by atoms with van der Waals surface area (Å²) < 4.78 is 32.3. The highest BCUT2D eigenvalue weighted by atomic mass is 32.2. The molecule has 0 amide bonds. The standard InChI is InChI=1S/C15H24N2O3S/c1-12-9-14(6-7-15(12)20-3)21(18,19)17-8-4-5-13(11-17)10-16-2/h6-7,9,13,16H,4-5,8,10-11H2,1-3H3. The van der Waals surface area contributed by atoms with Gasteiger partial charge in [-0.15, -0.1) is 0 Å². The number of sulfonamides is 1. The summed E-state index contributed by atoms with van der Waals surface area (Å²) in [7, 11) is 0.0791. The Kier molecular flexibility index (Phi) is 5.24. The molecule has 5 nitrogen and oxygen atoms in total. The van der Waals surface area contributed by atoms with E-state index in [0.717, 1.165) is 24.9 Å². The Balaban J connectivity index is 2.23. The predicted octanol–water partition coefficient (Wildman–Crippen LogP) is 1.62. The largest absolute Gasteiger partial charge is 0.496 e. The molecule has 1 heterocycles. The fourth-order valence-electron chi connectivity index (χ4n) is 2.86. The van der Waals surface area contributed by atoms with Crippen LogP contribution in [0.2, 0.25) is 0 Å². The minimum atomic E-state index is -3.41. The molecule has 2 rings (SSSR count). The number of rotatable bonds is 5. The van der Waals surface area contributed by atoms with Gasteiger partial charge >= 0.3 is 0 Å². The molecule has 1 atom stereocenters. The number of ether oxygens (including phenoxy) is 1. The van der Waals surface area contributed by atoms with Crippen LogP contribution in [0, 0.1) is 12.8 Å². The van der Waals surface area contributed by atoms with Crippen LogP contribution < -0.4 is 10.1 Å². The topological polar surface area (TPSA) is 58.6 Å². The smallest absolute Gasteiger partial charge is 0.243 e. The number of nitrogens with one attached hydrogen (secondary N) is 1. The van der Waals surface area contributed by atoms with E-state index in [-0.39, 0.29) is 0 Å². The van der Waals surface area contributed by atoms with Gasteiger partial charge in [-0.05, 0) is 63.0 Å². The van der Waals surface area contributed by atoms with Crippen LogP contribution >= 0.6 is 0 Å². The molecule has 0 radical (unpaired) electrons. The molecule has 1 unspecified atom stereocenters. The van der Waals surface area contributed by atoms with E-state index in [1.54, 1.807) is 29.6 Å². The number of nitrogens with zero attached hydrogens (tertiary/aromatic N) is 1. The van der Waals surface area contributed by atoms with Crippen molar-refractivity contribution in [1.29, 1.82) is 0 Å². The molecule has 0 bridgehead atoms. The monoisotopic (exact) mass is 312 g/mol. The molecule has 1 aliphatic rings. The molecule has 118 valence electrons. The van der Waals surface area contributed by atoms with Gasteiger partial charge in [-0.3, -0.25) is 0 Å². The molecule has 1 aromatic carbocycles. The number of hydrogen-bond donors (Lipinski definition) is 1. The molecule has 0 aromatic heterocycles. The minimum absolute atomic E-state index is 0.353. The maximum absolute atomic E-state index is 12.8. The summed E-state index contributed by atoms with van der Waals surface area (Å²) in [5, 5.41) is 3.14. The average molecular weight is 312 g/mol. The first-order valence-corrected chi connectivity index (χ1v) is 8.72. The number of piperidine rings is 1. The van der Waals surface area contributed by atoms with Gasteiger partial charge in [0.15, 0.2) is 0 Å². The fraction of sp³-hybridized carbons (Fsp3) is 0.600. The highest BCUT2D eigenvalue weighted by molar-refractivity contribution is 7.89. The second-order valence-electron chi connectivity index (χ2n) is 5.56. The maximum Gasteiger partial charge on any atom is 0.243 e. The lowest BCUT2D eigenvalue weighted by atomic mass is 10.00. The van der Waals surface area contributed by atoms with E-state index in [9.17, 15) is 8.42 Å². The van der Waals surface area contributed by atoms with Crippen molar-refractivity contribution < 1.29 is 13.2 Å². The fourth-order valence-corrected chi connectivity index (χ4v) is 4.50. The van der Waals surface area contributed by atoms with Gasteiger partial charge in [-0.1, -0.05) is 0 Å². The Bertz CT molecular complexity index is 585. The molecule has 1 N–H and O–H groups in total. The van der Waals surface area contributed by atoms with E-state index in [0.29, 0.717) is 29.7 Å². The summed E-state index contributed by atoms with van der Waals surface area (Å²) in [6.45, 7) is 3.91. The minimum Gasteiger partial charge on any atom is -0.496 e. The van der Waals surface area contributed by atoms with E-state index in [1.807, 2.05) is 14.0 Å². The van der Waals surface area contributed by atoms with Gasteiger partial charge in [0.25, 0.3) is 0 Å². The van der Waals surface area contributed by atoms with Crippen molar-refractivity contribution in [3.05, 3.63) is 23.8 Å². The van der Waals surface area contributed by atoms with Crippen LogP contribution in [0.15, 0.2) is 23.1 Å². The Morgan fingerprint density at radius 2 is 2.19 bits per heavy atom. The average Bonchev–Trinajstić information content (AvgIpc) is 2.48. The lowest BCUT2D eigenvalue weighted by molar-refractivity contribution is 0.263. The van der Waals surface area contributed by atoms with E-state index in [2.05, 4.69) is 5.32 Å². The zero-order chi connectivity index (χ0) is 15.5.